The first kappa shape index (κ1) is 23.0. The van der Waals surface area contributed by atoms with Gasteiger partial charge in [-0.1, -0.05) is 32.9 Å². The quantitative estimate of drug-likeness (QED) is 0.383. The van der Waals surface area contributed by atoms with Crippen LogP contribution in [0.15, 0.2) is 65.8 Å². The molecule has 0 amide bonds. The number of rotatable bonds is 6. The summed E-state index contributed by atoms with van der Waals surface area (Å²) in [6.07, 6.45) is 3.47. The highest BCUT2D eigenvalue weighted by Crippen LogP contribution is 2.31. The predicted octanol–water partition coefficient (Wildman–Crippen LogP) is 5.40. The Balaban J connectivity index is 1.76. The Bertz CT molecular complexity index is 1400. The SMILES string of the molecule is CCOc1ccc(-n2nc(C)cc2CS(=O)(=O)c2ccc(C(C)(C)C)cc2)c2ccncc12. The van der Waals surface area contributed by atoms with Crippen molar-refractivity contribution < 1.29 is 13.2 Å². The number of nitrogens with zero attached hydrogens (tertiary/aromatic N) is 3. The summed E-state index contributed by atoms with van der Waals surface area (Å²) in [4.78, 5) is 4.54. The Kier molecular flexibility index (Phi) is 6.01. The van der Waals surface area contributed by atoms with Gasteiger partial charge in [-0.05, 0) is 61.2 Å². The van der Waals surface area contributed by atoms with Crippen molar-refractivity contribution >= 4 is 20.6 Å². The maximum Gasteiger partial charge on any atom is 0.184 e. The van der Waals surface area contributed by atoms with E-state index in [4.69, 9.17) is 4.74 Å². The molecule has 0 saturated heterocycles. The molecule has 0 N–H and O–H groups in total. The van der Waals surface area contributed by atoms with Crippen molar-refractivity contribution in [2.75, 3.05) is 6.61 Å². The first-order chi connectivity index (χ1) is 15.6. The fourth-order valence-corrected chi connectivity index (χ4v) is 5.23. The van der Waals surface area contributed by atoms with E-state index in [1.807, 2.05) is 50.2 Å². The summed E-state index contributed by atoms with van der Waals surface area (Å²) in [6, 6.07) is 14.7. The van der Waals surface area contributed by atoms with Crippen LogP contribution in [-0.4, -0.2) is 29.8 Å². The van der Waals surface area contributed by atoms with E-state index in [9.17, 15) is 8.42 Å². The molecule has 2 aromatic heterocycles. The van der Waals surface area contributed by atoms with Gasteiger partial charge in [-0.3, -0.25) is 4.98 Å². The summed E-state index contributed by atoms with van der Waals surface area (Å²) >= 11 is 0. The zero-order chi connectivity index (χ0) is 23.8. The highest BCUT2D eigenvalue weighted by Gasteiger charge is 2.22. The van der Waals surface area contributed by atoms with Crippen molar-refractivity contribution in [3.63, 3.8) is 0 Å². The largest absolute Gasteiger partial charge is 0.493 e. The monoisotopic (exact) mass is 463 g/mol. The van der Waals surface area contributed by atoms with Crippen LogP contribution in [0.4, 0.5) is 0 Å². The number of aromatic nitrogens is 3. The number of sulfone groups is 1. The molecule has 4 aromatic rings. The molecule has 0 unspecified atom stereocenters. The van der Waals surface area contributed by atoms with E-state index in [1.54, 1.807) is 29.2 Å². The van der Waals surface area contributed by atoms with E-state index in [-0.39, 0.29) is 11.2 Å². The highest BCUT2D eigenvalue weighted by atomic mass is 32.2. The lowest BCUT2D eigenvalue weighted by atomic mass is 9.87. The molecule has 2 aromatic carbocycles. The Labute approximate surface area is 195 Å². The fourth-order valence-electron chi connectivity index (χ4n) is 3.92. The number of ether oxygens (including phenoxy) is 1. The topological polar surface area (TPSA) is 74.1 Å². The highest BCUT2D eigenvalue weighted by molar-refractivity contribution is 7.90. The fraction of sp³-hybridized carbons (Fsp3) is 0.308. The number of hydrogen-bond acceptors (Lipinski definition) is 5. The van der Waals surface area contributed by atoms with Crippen molar-refractivity contribution in [3.05, 3.63) is 77.9 Å². The van der Waals surface area contributed by atoms with Crippen LogP contribution in [0.3, 0.4) is 0 Å². The van der Waals surface area contributed by atoms with Crippen LogP contribution in [0.2, 0.25) is 0 Å². The van der Waals surface area contributed by atoms with E-state index in [0.717, 1.165) is 33.5 Å². The average molecular weight is 464 g/mol. The summed E-state index contributed by atoms with van der Waals surface area (Å²) in [6.45, 7) is 10.7. The van der Waals surface area contributed by atoms with Gasteiger partial charge in [0.15, 0.2) is 9.84 Å². The maximum atomic E-state index is 13.3. The number of hydrogen-bond donors (Lipinski definition) is 0. The Morgan fingerprint density at radius 3 is 2.39 bits per heavy atom. The van der Waals surface area contributed by atoms with Crippen LogP contribution >= 0.6 is 0 Å². The van der Waals surface area contributed by atoms with Gasteiger partial charge in [0.25, 0.3) is 0 Å². The van der Waals surface area contributed by atoms with Gasteiger partial charge in [-0.2, -0.15) is 5.10 Å². The van der Waals surface area contributed by atoms with Crippen molar-refractivity contribution in [2.24, 2.45) is 0 Å². The Morgan fingerprint density at radius 2 is 1.73 bits per heavy atom. The average Bonchev–Trinajstić information content (AvgIpc) is 3.12. The van der Waals surface area contributed by atoms with E-state index in [0.29, 0.717) is 17.2 Å². The second-order valence-corrected chi connectivity index (χ2v) is 11.1. The molecular formula is C26H29N3O3S. The molecule has 0 aliphatic heterocycles. The van der Waals surface area contributed by atoms with E-state index in [2.05, 4.69) is 30.9 Å². The van der Waals surface area contributed by atoms with Gasteiger partial charge >= 0.3 is 0 Å². The molecule has 2 heterocycles. The minimum absolute atomic E-state index is 0.0401. The summed E-state index contributed by atoms with van der Waals surface area (Å²) in [5.74, 6) is 0.587. The molecule has 4 rings (SSSR count). The lowest BCUT2D eigenvalue weighted by molar-refractivity contribution is 0.344. The predicted molar refractivity (Wildman–Crippen MR) is 131 cm³/mol. The number of fused-ring (bicyclic) bond motifs is 1. The van der Waals surface area contributed by atoms with Gasteiger partial charge in [0.2, 0.25) is 0 Å². The third-order valence-corrected chi connectivity index (χ3v) is 7.27. The van der Waals surface area contributed by atoms with Gasteiger partial charge in [0.05, 0.1) is 34.3 Å². The van der Waals surface area contributed by atoms with Gasteiger partial charge in [0.1, 0.15) is 5.75 Å². The molecule has 0 aliphatic carbocycles. The standard InChI is InChI=1S/C26H29N3O3S/c1-6-32-25-12-11-24(22-13-14-27-16-23(22)25)29-20(15-18(2)28-29)17-33(30,31)21-9-7-19(8-10-21)26(3,4)5/h7-16H,6,17H2,1-5H3. The Morgan fingerprint density at radius 1 is 1.00 bits per heavy atom. The molecule has 0 radical (unpaired) electrons. The molecule has 0 atom stereocenters. The van der Waals surface area contributed by atoms with Crippen LogP contribution < -0.4 is 4.74 Å². The third kappa shape index (κ3) is 4.64. The molecule has 0 fully saturated rings. The van der Waals surface area contributed by atoms with Gasteiger partial charge < -0.3 is 4.74 Å². The molecular weight excluding hydrogens is 434 g/mol. The number of pyridine rings is 1. The van der Waals surface area contributed by atoms with Crippen LogP contribution in [-0.2, 0) is 21.0 Å². The summed E-state index contributed by atoms with van der Waals surface area (Å²) in [5.41, 5.74) is 3.20. The lowest BCUT2D eigenvalue weighted by Gasteiger charge is -2.19. The van der Waals surface area contributed by atoms with Crippen LogP contribution in [0.1, 0.15) is 44.6 Å². The Hall–Kier alpha value is -3.19. The zero-order valence-corrected chi connectivity index (χ0v) is 20.5. The van der Waals surface area contributed by atoms with E-state index >= 15 is 0 Å². The second kappa shape index (κ2) is 8.63. The van der Waals surface area contributed by atoms with E-state index in [1.165, 1.54) is 0 Å². The molecule has 33 heavy (non-hydrogen) atoms. The van der Waals surface area contributed by atoms with Crippen molar-refractivity contribution in [2.45, 2.75) is 50.7 Å². The van der Waals surface area contributed by atoms with Crippen molar-refractivity contribution in [3.8, 4) is 11.4 Å². The second-order valence-electron chi connectivity index (χ2n) is 9.16. The summed E-state index contributed by atoms with van der Waals surface area (Å²) < 4.78 is 34.0. The lowest BCUT2D eigenvalue weighted by Crippen LogP contribution is -2.13. The first-order valence-corrected chi connectivity index (χ1v) is 12.6. The van der Waals surface area contributed by atoms with Crippen LogP contribution in [0.25, 0.3) is 16.5 Å². The van der Waals surface area contributed by atoms with E-state index < -0.39 is 9.84 Å². The van der Waals surface area contributed by atoms with Crippen LogP contribution in [0, 0.1) is 6.92 Å². The van der Waals surface area contributed by atoms with Gasteiger partial charge in [-0.15, -0.1) is 0 Å². The number of benzene rings is 2. The van der Waals surface area contributed by atoms with Crippen molar-refractivity contribution in [1.82, 2.24) is 14.8 Å². The van der Waals surface area contributed by atoms with Gasteiger partial charge in [0, 0.05) is 23.2 Å². The minimum atomic E-state index is -3.56. The molecule has 0 saturated carbocycles. The molecule has 0 bridgehead atoms. The first-order valence-electron chi connectivity index (χ1n) is 11.0. The van der Waals surface area contributed by atoms with Crippen LogP contribution in [0.5, 0.6) is 5.75 Å². The maximum absolute atomic E-state index is 13.3. The zero-order valence-electron chi connectivity index (χ0n) is 19.7. The summed E-state index contributed by atoms with van der Waals surface area (Å²) in [5, 5.41) is 6.38. The number of aryl methyl sites for hydroxylation is 1. The molecule has 172 valence electrons. The molecule has 6 nitrogen and oxygen atoms in total. The smallest absolute Gasteiger partial charge is 0.184 e. The minimum Gasteiger partial charge on any atom is -0.493 e. The van der Waals surface area contributed by atoms with Gasteiger partial charge in [-0.25, -0.2) is 13.1 Å². The third-order valence-electron chi connectivity index (χ3n) is 5.61. The van der Waals surface area contributed by atoms with Crippen molar-refractivity contribution in [1.29, 1.82) is 0 Å². The normalized spacial score (nSPS) is 12.3. The molecule has 7 heteroatoms. The molecule has 0 aliphatic rings. The summed E-state index contributed by atoms with van der Waals surface area (Å²) in [7, 11) is -3.56. The molecule has 0 spiro atoms.